The number of hydrogen-bond donors (Lipinski definition) is 2. The maximum atomic E-state index is 9.73. The zero-order valence-corrected chi connectivity index (χ0v) is 12.4. The highest BCUT2D eigenvalue weighted by Gasteiger charge is 2.22. The van der Waals surface area contributed by atoms with Gasteiger partial charge in [-0.25, -0.2) is 0 Å². The van der Waals surface area contributed by atoms with Crippen molar-refractivity contribution >= 4 is 15.9 Å². The Labute approximate surface area is 117 Å². The van der Waals surface area contributed by atoms with Crippen LogP contribution in [-0.4, -0.2) is 42.8 Å². The van der Waals surface area contributed by atoms with Crippen LogP contribution in [0.1, 0.15) is 23.6 Å². The van der Waals surface area contributed by atoms with Gasteiger partial charge in [0.15, 0.2) is 0 Å². The Kier molecular flexibility index (Phi) is 5.18. The smallest absolute Gasteiger partial charge is 0.0629 e. The molecule has 0 radical (unpaired) electrons. The summed E-state index contributed by atoms with van der Waals surface area (Å²) >= 11 is 3.62. The third kappa shape index (κ3) is 3.32. The quantitative estimate of drug-likeness (QED) is 0.897. The predicted octanol–water partition coefficient (Wildman–Crippen LogP) is 2.09. The molecule has 1 aliphatic heterocycles. The van der Waals surface area contributed by atoms with Gasteiger partial charge in [-0.2, -0.15) is 0 Å². The first-order valence-corrected chi connectivity index (χ1v) is 7.33. The monoisotopic (exact) mass is 312 g/mol. The van der Waals surface area contributed by atoms with Gasteiger partial charge in [0.05, 0.1) is 12.6 Å². The molecule has 4 heteroatoms. The number of halogens is 1. The van der Waals surface area contributed by atoms with E-state index in [1.54, 1.807) is 0 Å². The van der Waals surface area contributed by atoms with Gasteiger partial charge < -0.3 is 10.4 Å². The molecule has 1 heterocycles. The van der Waals surface area contributed by atoms with Crippen LogP contribution in [0, 0.1) is 6.92 Å². The lowest BCUT2D eigenvalue weighted by Gasteiger charge is -2.30. The number of benzene rings is 1. The molecule has 0 amide bonds. The van der Waals surface area contributed by atoms with Gasteiger partial charge >= 0.3 is 0 Å². The Bertz CT molecular complexity index is 389. The van der Waals surface area contributed by atoms with E-state index in [0.717, 1.165) is 37.1 Å². The maximum Gasteiger partial charge on any atom is 0.0629 e. The van der Waals surface area contributed by atoms with Crippen LogP contribution in [0.4, 0.5) is 0 Å². The van der Waals surface area contributed by atoms with Gasteiger partial charge in [0, 0.05) is 24.1 Å². The van der Waals surface area contributed by atoms with Crippen LogP contribution in [0.5, 0.6) is 0 Å². The molecular formula is C14H21BrN2O. The summed E-state index contributed by atoms with van der Waals surface area (Å²) in [7, 11) is 0. The first kappa shape index (κ1) is 14.0. The largest absolute Gasteiger partial charge is 0.394 e. The fourth-order valence-electron chi connectivity index (χ4n) is 2.49. The molecule has 1 fully saturated rings. The fraction of sp³-hybridized carbons (Fsp3) is 0.571. The van der Waals surface area contributed by atoms with Crippen LogP contribution in [-0.2, 0) is 0 Å². The minimum absolute atomic E-state index is 0.0971. The summed E-state index contributed by atoms with van der Waals surface area (Å²) in [6, 6.07) is 6.45. The number of nitrogens with one attached hydrogen (secondary N) is 1. The van der Waals surface area contributed by atoms with Crippen molar-refractivity contribution in [3.8, 4) is 0 Å². The first-order valence-electron chi connectivity index (χ1n) is 6.54. The molecule has 18 heavy (non-hydrogen) atoms. The number of aryl methyl sites for hydroxylation is 1. The third-order valence-corrected chi connectivity index (χ3v) is 4.19. The van der Waals surface area contributed by atoms with Gasteiger partial charge in [-0.05, 0) is 37.1 Å². The van der Waals surface area contributed by atoms with Gasteiger partial charge in [-0.3, -0.25) is 4.90 Å². The highest BCUT2D eigenvalue weighted by atomic mass is 79.9. The van der Waals surface area contributed by atoms with E-state index < -0.39 is 0 Å². The Morgan fingerprint density at radius 1 is 1.39 bits per heavy atom. The van der Waals surface area contributed by atoms with Gasteiger partial charge in [0.25, 0.3) is 0 Å². The summed E-state index contributed by atoms with van der Waals surface area (Å²) in [6.45, 7) is 6.35. The Hall–Kier alpha value is -0.420. The standard InChI is InChI=1S/C14H21BrN2O/c1-11-3-4-12(13(15)9-11)14(10-18)17-7-2-5-16-6-8-17/h3-4,9,14,16,18H,2,5-8,10H2,1H3. The Morgan fingerprint density at radius 2 is 2.22 bits per heavy atom. The van der Waals surface area contributed by atoms with E-state index in [-0.39, 0.29) is 12.6 Å². The van der Waals surface area contributed by atoms with Crippen molar-refractivity contribution in [2.75, 3.05) is 32.8 Å². The van der Waals surface area contributed by atoms with Crippen molar-refractivity contribution in [3.63, 3.8) is 0 Å². The Balaban J connectivity index is 2.20. The van der Waals surface area contributed by atoms with Gasteiger partial charge in [0.2, 0.25) is 0 Å². The van der Waals surface area contributed by atoms with E-state index >= 15 is 0 Å². The van der Waals surface area contributed by atoms with Gasteiger partial charge in [-0.1, -0.05) is 28.1 Å². The second kappa shape index (κ2) is 6.66. The molecule has 1 aromatic rings. The van der Waals surface area contributed by atoms with Crippen LogP contribution >= 0.6 is 15.9 Å². The van der Waals surface area contributed by atoms with Crippen LogP contribution in [0.3, 0.4) is 0 Å². The third-order valence-electron chi connectivity index (χ3n) is 3.50. The van der Waals surface area contributed by atoms with Gasteiger partial charge in [-0.15, -0.1) is 0 Å². The van der Waals surface area contributed by atoms with Crippen molar-refractivity contribution in [1.29, 1.82) is 0 Å². The molecule has 0 saturated carbocycles. The minimum Gasteiger partial charge on any atom is -0.394 e. The van der Waals surface area contributed by atoms with Crippen molar-refractivity contribution < 1.29 is 5.11 Å². The molecule has 1 aromatic carbocycles. The van der Waals surface area contributed by atoms with E-state index in [9.17, 15) is 5.11 Å². The van der Waals surface area contributed by atoms with Crippen LogP contribution in [0.15, 0.2) is 22.7 Å². The predicted molar refractivity (Wildman–Crippen MR) is 77.8 cm³/mol. The summed E-state index contributed by atoms with van der Waals surface area (Å²) in [5, 5.41) is 13.1. The minimum atomic E-state index is 0.0971. The van der Waals surface area contributed by atoms with Crippen LogP contribution < -0.4 is 5.32 Å². The summed E-state index contributed by atoms with van der Waals surface area (Å²) in [5.41, 5.74) is 2.42. The molecule has 2 rings (SSSR count). The summed E-state index contributed by atoms with van der Waals surface area (Å²) in [6.07, 6.45) is 1.14. The highest BCUT2D eigenvalue weighted by molar-refractivity contribution is 9.10. The molecule has 1 unspecified atom stereocenters. The van der Waals surface area contributed by atoms with Gasteiger partial charge in [0.1, 0.15) is 0 Å². The normalized spacial score (nSPS) is 19.5. The first-order chi connectivity index (χ1) is 8.72. The number of nitrogens with zero attached hydrogens (tertiary/aromatic N) is 1. The molecule has 1 aliphatic rings. The summed E-state index contributed by atoms with van der Waals surface area (Å²) < 4.78 is 1.10. The molecule has 1 atom stereocenters. The number of hydrogen-bond acceptors (Lipinski definition) is 3. The van der Waals surface area contributed by atoms with E-state index in [4.69, 9.17) is 0 Å². The van der Waals surface area contributed by atoms with Crippen molar-refractivity contribution in [2.24, 2.45) is 0 Å². The average molecular weight is 313 g/mol. The van der Waals surface area contributed by atoms with E-state index in [1.807, 2.05) is 0 Å². The fourth-order valence-corrected chi connectivity index (χ4v) is 3.25. The number of aliphatic hydroxyl groups is 1. The Morgan fingerprint density at radius 3 is 2.94 bits per heavy atom. The zero-order chi connectivity index (χ0) is 13.0. The summed E-state index contributed by atoms with van der Waals surface area (Å²) in [5.74, 6) is 0. The number of rotatable bonds is 3. The SMILES string of the molecule is Cc1ccc(C(CO)N2CCCNCC2)c(Br)c1. The summed E-state index contributed by atoms with van der Waals surface area (Å²) in [4.78, 5) is 2.37. The maximum absolute atomic E-state index is 9.73. The molecule has 1 saturated heterocycles. The second-order valence-electron chi connectivity index (χ2n) is 4.86. The lowest BCUT2D eigenvalue weighted by Crippen LogP contribution is -2.34. The molecule has 2 N–H and O–H groups in total. The molecule has 0 spiro atoms. The molecular weight excluding hydrogens is 292 g/mol. The highest BCUT2D eigenvalue weighted by Crippen LogP contribution is 2.28. The van der Waals surface area contributed by atoms with E-state index in [0.29, 0.717) is 0 Å². The van der Waals surface area contributed by atoms with Crippen LogP contribution in [0.2, 0.25) is 0 Å². The number of aliphatic hydroxyl groups excluding tert-OH is 1. The van der Waals surface area contributed by atoms with Crippen molar-refractivity contribution in [1.82, 2.24) is 10.2 Å². The van der Waals surface area contributed by atoms with Crippen molar-refractivity contribution in [3.05, 3.63) is 33.8 Å². The molecule has 0 aromatic heterocycles. The average Bonchev–Trinajstić information content (AvgIpc) is 2.62. The lowest BCUT2D eigenvalue weighted by atomic mass is 10.0. The lowest BCUT2D eigenvalue weighted by molar-refractivity contribution is 0.129. The van der Waals surface area contributed by atoms with E-state index in [1.165, 1.54) is 11.1 Å². The molecule has 0 aliphatic carbocycles. The van der Waals surface area contributed by atoms with Crippen LogP contribution in [0.25, 0.3) is 0 Å². The second-order valence-corrected chi connectivity index (χ2v) is 5.72. The molecule has 0 bridgehead atoms. The van der Waals surface area contributed by atoms with Crippen molar-refractivity contribution in [2.45, 2.75) is 19.4 Å². The zero-order valence-electron chi connectivity index (χ0n) is 10.8. The van der Waals surface area contributed by atoms with E-state index in [2.05, 4.69) is 51.3 Å². The molecule has 3 nitrogen and oxygen atoms in total. The topological polar surface area (TPSA) is 35.5 Å². The molecule has 100 valence electrons.